The Kier molecular flexibility index (Phi) is 5.72. The van der Waals surface area contributed by atoms with Crippen LogP contribution in [-0.4, -0.2) is 29.9 Å². The lowest BCUT2D eigenvalue weighted by Crippen LogP contribution is -2.19. The largest absolute Gasteiger partial charge is 0.513 e. The van der Waals surface area contributed by atoms with Crippen LogP contribution in [0.5, 0.6) is 5.75 Å². The topological polar surface area (TPSA) is 89.9 Å². The van der Waals surface area contributed by atoms with E-state index in [1.165, 1.54) is 43.5 Å². The van der Waals surface area contributed by atoms with Crippen LogP contribution in [0, 0.1) is 0 Å². The molecule has 0 unspecified atom stereocenters. The fraction of sp³-hybridized carbons (Fsp3) is 0.150. The molecule has 0 radical (unpaired) electrons. The average molecular weight is 421 g/mol. The van der Waals surface area contributed by atoms with Crippen molar-refractivity contribution < 1.29 is 29.0 Å². The number of Topliss-reactive ketones (excluding diaryl/α,β-unsaturated/α-hetero) is 1. The summed E-state index contributed by atoms with van der Waals surface area (Å²) in [6, 6.07) is 8.36. The maximum absolute atomic E-state index is 12.6. The average Bonchev–Trinajstić information content (AvgIpc) is 2.66. The molecule has 8 heteroatoms. The van der Waals surface area contributed by atoms with Crippen molar-refractivity contribution in [1.82, 2.24) is 0 Å². The summed E-state index contributed by atoms with van der Waals surface area (Å²) in [5, 5.41) is 10.8. The minimum atomic E-state index is -0.898. The number of carbonyl (C=O) groups excluding carboxylic acids is 3. The van der Waals surface area contributed by atoms with Gasteiger partial charge in [0.1, 0.15) is 11.5 Å². The molecular weight excluding hydrogens is 407 g/mol. The molecule has 144 valence electrons. The normalized spacial score (nSPS) is 13.0. The Hall–Kier alpha value is -2.83. The summed E-state index contributed by atoms with van der Waals surface area (Å²) >= 11 is 11.8. The highest BCUT2D eigenvalue weighted by atomic mass is 35.5. The van der Waals surface area contributed by atoms with Gasteiger partial charge in [0.25, 0.3) is 0 Å². The predicted octanol–water partition coefficient (Wildman–Crippen LogP) is 4.94. The van der Waals surface area contributed by atoms with E-state index in [4.69, 9.17) is 27.9 Å². The van der Waals surface area contributed by atoms with Gasteiger partial charge in [0.2, 0.25) is 0 Å². The fourth-order valence-corrected chi connectivity index (χ4v) is 2.98. The fourth-order valence-electron chi connectivity index (χ4n) is 2.68. The third-order valence-corrected chi connectivity index (χ3v) is 5.01. The zero-order chi connectivity index (χ0) is 20.4. The molecule has 0 saturated heterocycles. The number of methoxy groups -OCH3 is 1. The van der Waals surface area contributed by atoms with Gasteiger partial charge in [0, 0.05) is 23.1 Å². The quantitative estimate of drug-likeness (QED) is 0.543. The van der Waals surface area contributed by atoms with E-state index >= 15 is 0 Å². The van der Waals surface area contributed by atoms with E-state index in [2.05, 4.69) is 4.74 Å². The van der Waals surface area contributed by atoms with Crippen LogP contribution in [0.2, 0.25) is 10.0 Å². The Morgan fingerprint density at radius 1 is 0.929 bits per heavy atom. The number of halogens is 2. The summed E-state index contributed by atoms with van der Waals surface area (Å²) in [5.74, 6) is -0.966. The monoisotopic (exact) mass is 420 g/mol. The third-order valence-electron chi connectivity index (χ3n) is 4.27. The van der Waals surface area contributed by atoms with Crippen LogP contribution in [0.4, 0.5) is 4.79 Å². The van der Waals surface area contributed by atoms with Crippen LogP contribution >= 0.6 is 23.2 Å². The Bertz CT molecular complexity index is 1030. The molecule has 2 aromatic rings. The SMILES string of the molecule is COC(=O)OC1=C(C(=O)c2ccc(C(=O)c3ccc(Cl)c(Cl)c3)c(O)c2)CC1. The van der Waals surface area contributed by atoms with Crippen molar-refractivity contribution in [3.8, 4) is 5.75 Å². The highest BCUT2D eigenvalue weighted by molar-refractivity contribution is 6.42. The molecule has 0 atom stereocenters. The number of phenols is 1. The van der Waals surface area contributed by atoms with E-state index in [0.29, 0.717) is 23.4 Å². The van der Waals surface area contributed by atoms with Gasteiger partial charge in [-0.3, -0.25) is 9.59 Å². The van der Waals surface area contributed by atoms with Gasteiger partial charge in [-0.15, -0.1) is 0 Å². The summed E-state index contributed by atoms with van der Waals surface area (Å²) in [4.78, 5) is 36.4. The van der Waals surface area contributed by atoms with E-state index < -0.39 is 17.7 Å². The van der Waals surface area contributed by atoms with Gasteiger partial charge in [-0.2, -0.15) is 0 Å². The molecular formula is C20H14Cl2O6. The molecule has 1 N–H and O–H groups in total. The minimum Gasteiger partial charge on any atom is -0.507 e. The number of rotatable bonds is 5. The minimum absolute atomic E-state index is 0.0172. The zero-order valence-electron chi connectivity index (χ0n) is 14.6. The van der Waals surface area contributed by atoms with Crippen molar-refractivity contribution in [3.05, 3.63) is 74.5 Å². The lowest BCUT2D eigenvalue weighted by atomic mass is 9.88. The number of carbonyl (C=O) groups is 3. The van der Waals surface area contributed by atoms with E-state index in [9.17, 15) is 19.5 Å². The Balaban J connectivity index is 1.85. The van der Waals surface area contributed by atoms with E-state index in [-0.39, 0.29) is 33.2 Å². The number of hydrogen-bond donors (Lipinski definition) is 1. The van der Waals surface area contributed by atoms with Crippen LogP contribution in [0.1, 0.15) is 39.1 Å². The maximum Gasteiger partial charge on any atom is 0.513 e. The van der Waals surface area contributed by atoms with Crippen LogP contribution in [0.15, 0.2) is 47.7 Å². The molecule has 28 heavy (non-hydrogen) atoms. The first-order valence-electron chi connectivity index (χ1n) is 8.17. The summed E-state index contributed by atoms with van der Waals surface area (Å²) in [6.07, 6.45) is -0.0169. The van der Waals surface area contributed by atoms with Crippen molar-refractivity contribution in [2.24, 2.45) is 0 Å². The van der Waals surface area contributed by atoms with Crippen molar-refractivity contribution >= 4 is 40.9 Å². The highest BCUT2D eigenvalue weighted by Crippen LogP contribution is 2.33. The van der Waals surface area contributed by atoms with Crippen LogP contribution in [0.25, 0.3) is 0 Å². The molecule has 0 saturated carbocycles. The molecule has 0 heterocycles. The molecule has 0 aliphatic heterocycles. The van der Waals surface area contributed by atoms with Crippen molar-refractivity contribution in [3.63, 3.8) is 0 Å². The number of allylic oxidation sites excluding steroid dienone is 2. The van der Waals surface area contributed by atoms with Crippen LogP contribution in [-0.2, 0) is 9.47 Å². The van der Waals surface area contributed by atoms with Gasteiger partial charge < -0.3 is 14.6 Å². The molecule has 0 fully saturated rings. The molecule has 1 aliphatic carbocycles. The highest BCUT2D eigenvalue weighted by Gasteiger charge is 2.29. The molecule has 0 amide bonds. The number of benzene rings is 2. The summed E-state index contributed by atoms with van der Waals surface area (Å²) in [7, 11) is 1.17. The van der Waals surface area contributed by atoms with Crippen molar-refractivity contribution in [2.75, 3.05) is 7.11 Å². The van der Waals surface area contributed by atoms with Crippen LogP contribution in [0.3, 0.4) is 0 Å². The van der Waals surface area contributed by atoms with Gasteiger partial charge >= 0.3 is 6.16 Å². The standard InChI is InChI=1S/C20H14Cl2O6/c1-27-20(26)28-17-7-5-13(17)19(25)11-2-4-12(16(23)9-11)18(24)10-3-6-14(21)15(22)8-10/h2-4,6,8-9,23H,5,7H2,1H3. The number of ketones is 2. The summed E-state index contributed by atoms with van der Waals surface area (Å²) < 4.78 is 9.33. The number of ether oxygens (including phenoxy) is 2. The summed E-state index contributed by atoms with van der Waals surface area (Å²) in [5.41, 5.74) is 0.764. The van der Waals surface area contributed by atoms with Gasteiger partial charge in [0.05, 0.1) is 22.7 Å². The first-order valence-corrected chi connectivity index (χ1v) is 8.92. The van der Waals surface area contributed by atoms with E-state index in [1.54, 1.807) is 0 Å². The number of hydrogen-bond acceptors (Lipinski definition) is 6. The Morgan fingerprint density at radius 3 is 2.18 bits per heavy atom. The maximum atomic E-state index is 12.6. The van der Waals surface area contributed by atoms with Crippen molar-refractivity contribution in [2.45, 2.75) is 12.8 Å². The first-order chi connectivity index (χ1) is 13.3. The second-order valence-electron chi connectivity index (χ2n) is 5.98. The van der Waals surface area contributed by atoms with Gasteiger partial charge in [-0.25, -0.2) is 4.79 Å². The molecule has 0 aromatic heterocycles. The number of aromatic hydroxyl groups is 1. The molecule has 3 rings (SSSR count). The summed E-state index contributed by atoms with van der Waals surface area (Å²) in [6.45, 7) is 0. The van der Waals surface area contributed by atoms with Gasteiger partial charge in [0.15, 0.2) is 11.6 Å². The second-order valence-corrected chi connectivity index (χ2v) is 6.79. The zero-order valence-corrected chi connectivity index (χ0v) is 16.1. The van der Waals surface area contributed by atoms with Gasteiger partial charge in [-0.1, -0.05) is 29.3 Å². The van der Waals surface area contributed by atoms with Gasteiger partial charge in [-0.05, 0) is 36.8 Å². The lowest BCUT2D eigenvalue weighted by Gasteiger charge is -2.21. The molecule has 0 spiro atoms. The molecule has 2 aromatic carbocycles. The van der Waals surface area contributed by atoms with Crippen LogP contribution < -0.4 is 0 Å². The third kappa shape index (κ3) is 3.88. The van der Waals surface area contributed by atoms with E-state index in [0.717, 1.165) is 0 Å². The molecule has 1 aliphatic rings. The molecule has 0 bridgehead atoms. The number of phenolic OH excluding ortho intramolecular Hbond substituents is 1. The predicted molar refractivity (Wildman–Crippen MR) is 102 cm³/mol. The molecule has 6 nitrogen and oxygen atoms in total. The first kappa shape index (κ1) is 19.9. The van der Waals surface area contributed by atoms with E-state index in [1.807, 2.05) is 0 Å². The smallest absolute Gasteiger partial charge is 0.507 e. The van der Waals surface area contributed by atoms with Crippen molar-refractivity contribution in [1.29, 1.82) is 0 Å². The Morgan fingerprint density at radius 2 is 1.61 bits per heavy atom. The second kappa shape index (κ2) is 8.04. The Labute approximate surface area is 170 Å². The lowest BCUT2D eigenvalue weighted by molar-refractivity contribution is 0.0867.